The number of halogens is 1. The lowest BCUT2D eigenvalue weighted by molar-refractivity contribution is 0.252. The Morgan fingerprint density at radius 3 is 2.62 bits per heavy atom. The van der Waals surface area contributed by atoms with Crippen LogP contribution in [0.3, 0.4) is 0 Å². The number of aromatic nitrogens is 2. The molecule has 1 fully saturated rings. The van der Waals surface area contributed by atoms with Gasteiger partial charge >= 0.3 is 0 Å². The third-order valence-electron chi connectivity index (χ3n) is 3.64. The fourth-order valence-corrected chi connectivity index (χ4v) is 2.62. The van der Waals surface area contributed by atoms with Crippen molar-refractivity contribution in [3.8, 4) is 0 Å². The quantitative estimate of drug-likeness (QED) is 0.845. The molecule has 3 nitrogen and oxygen atoms in total. The average molecular weight is 331 g/mol. The number of nitrogens with one attached hydrogen (secondary N) is 1. The highest BCUT2D eigenvalue weighted by Gasteiger charge is 2.27. The summed E-state index contributed by atoms with van der Waals surface area (Å²) in [7, 11) is 0. The Morgan fingerprint density at radius 2 is 1.94 bits per heavy atom. The minimum Gasteiger partial charge on any atom is -0.351 e. The molecule has 1 N–H and O–H groups in total. The largest absolute Gasteiger partial charge is 0.351 e. The van der Waals surface area contributed by atoms with E-state index >= 15 is 0 Å². The normalized spacial score (nSPS) is 30.1. The van der Waals surface area contributed by atoms with E-state index in [4.69, 9.17) is 0 Å². The predicted molar refractivity (Wildman–Crippen MR) is 74.3 cm³/mol. The minimum absolute atomic E-state index is 0.531. The smallest absolute Gasteiger partial charge is 0.222 e. The fourth-order valence-electron chi connectivity index (χ4n) is 2.34. The van der Waals surface area contributed by atoms with Gasteiger partial charge in [0.2, 0.25) is 5.95 Å². The van der Waals surface area contributed by atoms with E-state index in [0.717, 1.165) is 15.4 Å². The van der Waals surface area contributed by atoms with Crippen LogP contribution in [0.25, 0.3) is 0 Å². The van der Waals surface area contributed by atoms with Gasteiger partial charge in [-0.3, -0.25) is 0 Å². The van der Waals surface area contributed by atoms with Gasteiger partial charge in [-0.1, -0.05) is 26.7 Å². The van der Waals surface area contributed by atoms with Crippen LogP contribution in [-0.4, -0.2) is 16.0 Å². The second-order valence-corrected chi connectivity index (χ2v) is 5.99. The first-order chi connectivity index (χ1) is 7.66. The maximum atomic E-state index is 4.30. The zero-order valence-electron chi connectivity index (χ0n) is 9.78. The Morgan fingerprint density at radius 1 is 1.25 bits per heavy atom. The zero-order valence-corrected chi connectivity index (χ0v) is 11.9. The first-order valence-electron chi connectivity index (χ1n) is 5.91. The summed E-state index contributed by atoms with van der Waals surface area (Å²) in [6.45, 7) is 4.67. The van der Waals surface area contributed by atoms with Crippen LogP contribution in [-0.2, 0) is 0 Å². The summed E-state index contributed by atoms with van der Waals surface area (Å²) in [5, 5.41) is 3.46. The van der Waals surface area contributed by atoms with Crippen LogP contribution in [0, 0.1) is 15.4 Å². The van der Waals surface area contributed by atoms with E-state index in [1.807, 2.05) is 12.4 Å². The number of rotatable bonds is 2. The van der Waals surface area contributed by atoms with Crippen molar-refractivity contribution in [3.63, 3.8) is 0 Å². The van der Waals surface area contributed by atoms with Gasteiger partial charge in [-0.15, -0.1) is 0 Å². The van der Waals surface area contributed by atoms with Crippen molar-refractivity contribution < 1.29 is 0 Å². The van der Waals surface area contributed by atoms with Crippen molar-refractivity contribution in [3.05, 3.63) is 16.0 Å². The first-order valence-corrected chi connectivity index (χ1v) is 6.99. The second-order valence-electron chi connectivity index (χ2n) is 4.74. The van der Waals surface area contributed by atoms with E-state index < -0.39 is 0 Å². The highest BCUT2D eigenvalue weighted by Crippen LogP contribution is 2.30. The highest BCUT2D eigenvalue weighted by atomic mass is 127. The standard InChI is InChI=1S/C12H18IN3/c1-8-4-3-5-11(9(8)2)16-12-14-6-10(13)7-15-12/h6-9,11H,3-5H2,1-2H3,(H,14,15,16). The molecular weight excluding hydrogens is 313 g/mol. The molecule has 1 aromatic heterocycles. The van der Waals surface area contributed by atoms with Crippen molar-refractivity contribution >= 4 is 28.5 Å². The summed E-state index contributed by atoms with van der Waals surface area (Å²) in [6, 6.07) is 0.531. The number of anilines is 1. The van der Waals surface area contributed by atoms with Gasteiger partial charge in [0, 0.05) is 22.0 Å². The SMILES string of the molecule is CC1CCCC(Nc2ncc(I)cn2)C1C. The summed E-state index contributed by atoms with van der Waals surface area (Å²) in [5.74, 6) is 2.28. The Bertz CT molecular complexity index is 339. The molecule has 4 heteroatoms. The average Bonchev–Trinajstić information content (AvgIpc) is 2.28. The summed E-state index contributed by atoms with van der Waals surface area (Å²) in [4.78, 5) is 8.60. The van der Waals surface area contributed by atoms with Crippen LogP contribution >= 0.6 is 22.6 Å². The molecule has 0 saturated heterocycles. The number of hydrogen-bond donors (Lipinski definition) is 1. The lowest BCUT2D eigenvalue weighted by Gasteiger charge is -2.34. The molecule has 1 heterocycles. The summed E-state index contributed by atoms with van der Waals surface area (Å²) >= 11 is 2.22. The maximum absolute atomic E-state index is 4.30. The lowest BCUT2D eigenvalue weighted by atomic mass is 9.78. The van der Waals surface area contributed by atoms with Crippen LogP contribution in [0.5, 0.6) is 0 Å². The van der Waals surface area contributed by atoms with E-state index in [9.17, 15) is 0 Å². The van der Waals surface area contributed by atoms with Gasteiger partial charge in [0.25, 0.3) is 0 Å². The fraction of sp³-hybridized carbons (Fsp3) is 0.667. The van der Waals surface area contributed by atoms with Crippen molar-refractivity contribution in [1.82, 2.24) is 9.97 Å². The van der Waals surface area contributed by atoms with Gasteiger partial charge in [0.1, 0.15) is 0 Å². The summed E-state index contributed by atoms with van der Waals surface area (Å²) in [5.41, 5.74) is 0. The topological polar surface area (TPSA) is 37.8 Å². The molecule has 3 atom stereocenters. The molecule has 0 spiro atoms. The van der Waals surface area contributed by atoms with Crippen LogP contribution in [0.15, 0.2) is 12.4 Å². The molecule has 0 radical (unpaired) electrons. The molecule has 2 rings (SSSR count). The van der Waals surface area contributed by atoms with E-state index in [-0.39, 0.29) is 0 Å². The van der Waals surface area contributed by atoms with Crippen LogP contribution in [0.1, 0.15) is 33.1 Å². The molecule has 1 saturated carbocycles. The summed E-state index contributed by atoms with van der Waals surface area (Å²) in [6.07, 6.45) is 7.61. The minimum atomic E-state index is 0.531. The van der Waals surface area contributed by atoms with Crippen molar-refractivity contribution in [1.29, 1.82) is 0 Å². The molecule has 16 heavy (non-hydrogen) atoms. The van der Waals surface area contributed by atoms with E-state index in [1.165, 1.54) is 19.3 Å². The number of hydrogen-bond acceptors (Lipinski definition) is 3. The van der Waals surface area contributed by atoms with Gasteiger partial charge in [-0.2, -0.15) is 0 Å². The molecule has 1 aliphatic carbocycles. The Balaban J connectivity index is 2.00. The Labute approximate surface area is 111 Å². The molecule has 1 aromatic rings. The lowest BCUT2D eigenvalue weighted by Crippen LogP contribution is -2.35. The van der Waals surface area contributed by atoms with Crippen molar-refractivity contribution in [2.45, 2.75) is 39.2 Å². The van der Waals surface area contributed by atoms with Crippen molar-refractivity contribution in [2.75, 3.05) is 5.32 Å². The maximum Gasteiger partial charge on any atom is 0.222 e. The molecule has 0 bridgehead atoms. The van der Waals surface area contributed by atoms with E-state index in [1.54, 1.807) is 0 Å². The molecule has 88 valence electrons. The van der Waals surface area contributed by atoms with Crippen molar-refractivity contribution in [2.24, 2.45) is 11.8 Å². The Hall–Kier alpha value is -0.390. The highest BCUT2D eigenvalue weighted by molar-refractivity contribution is 14.1. The monoisotopic (exact) mass is 331 g/mol. The molecule has 0 aromatic carbocycles. The van der Waals surface area contributed by atoms with Gasteiger partial charge < -0.3 is 5.32 Å². The van der Waals surface area contributed by atoms with Gasteiger partial charge in [-0.25, -0.2) is 9.97 Å². The van der Waals surface area contributed by atoms with E-state index in [2.05, 4.69) is 51.7 Å². The van der Waals surface area contributed by atoms with Gasteiger partial charge in [0.15, 0.2) is 0 Å². The second kappa shape index (κ2) is 5.29. The van der Waals surface area contributed by atoms with Gasteiger partial charge in [0.05, 0.1) is 0 Å². The third-order valence-corrected chi connectivity index (χ3v) is 4.20. The molecule has 0 amide bonds. The third kappa shape index (κ3) is 2.84. The predicted octanol–water partition coefficient (Wildman–Crippen LogP) is 3.32. The number of nitrogens with zero attached hydrogens (tertiary/aromatic N) is 2. The summed E-state index contributed by atoms with van der Waals surface area (Å²) < 4.78 is 1.08. The van der Waals surface area contributed by atoms with Gasteiger partial charge in [-0.05, 0) is 40.8 Å². The first kappa shape index (κ1) is 12.1. The molecule has 1 aliphatic rings. The van der Waals surface area contributed by atoms with Crippen LogP contribution in [0.2, 0.25) is 0 Å². The van der Waals surface area contributed by atoms with Crippen LogP contribution < -0.4 is 5.32 Å². The Kier molecular flexibility index (Phi) is 4.00. The zero-order chi connectivity index (χ0) is 11.5. The molecule has 3 unspecified atom stereocenters. The molecular formula is C12H18IN3. The molecule has 0 aliphatic heterocycles. The van der Waals surface area contributed by atoms with Crippen LogP contribution in [0.4, 0.5) is 5.95 Å². The van der Waals surface area contributed by atoms with E-state index in [0.29, 0.717) is 12.0 Å².